The predicted molar refractivity (Wildman–Crippen MR) is 76.7 cm³/mol. The zero-order valence-corrected chi connectivity index (χ0v) is 12.2. The van der Waals surface area contributed by atoms with E-state index in [-0.39, 0.29) is 5.91 Å². The van der Waals surface area contributed by atoms with Gasteiger partial charge >= 0.3 is 0 Å². The van der Waals surface area contributed by atoms with E-state index in [0.717, 1.165) is 17.7 Å². The van der Waals surface area contributed by atoms with E-state index in [2.05, 4.69) is 11.9 Å². The summed E-state index contributed by atoms with van der Waals surface area (Å²) in [7, 11) is 0. The first-order chi connectivity index (χ1) is 8.19. The maximum Gasteiger partial charge on any atom is 0.224 e. The minimum absolute atomic E-state index is 0.105. The Hall–Kier alpha value is -1.31. The maximum absolute atomic E-state index is 11.1. The summed E-state index contributed by atoms with van der Waals surface area (Å²) in [6.07, 6.45) is 5.16. The Morgan fingerprint density at radius 2 is 1.76 bits per heavy atom. The quantitative estimate of drug-likeness (QED) is 0.721. The van der Waals surface area contributed by atoms with Gasteiger partial charge in [0, 0.05) is 12.1 Å². The van der Waals surface area contributed by atoms with E-state index >= 15 is 0 Å². The molecule has 2 nitrogen and oxygen atoms in total. The van der Waals surface area contributed by atoms with Crippen molar-refractivity contribution in [2.75, 3.05) is 0 Å². The fourth-order valence-corrected chi connectivity index (χ4v) is 1.44. The highest BCUT2D eigenvalue weighted by atomic mass is 16.1. The smallest absolute Gasteiger partial charge is 0.224 e. The number of hydrogen-bond acceptors (Lipinski definition) is 1. The van der Waals surface area contributed by atoms with Crippen LogP contribution in [0.1, 0.15) is 54.4 Å². The van der Waals surface area contributed by atoms with Crippen LogP contribution >= 0.6 is 0 Å². The molecule has 0 aromatic carbocycles. The molecule has 0 radical (unpaired) electrons. The Morgan fingerprint density at radius 1 is 1.24 bits per heavy atom. The number of nitrogens with one attached hydrogen (secondary N) is 1. The number of hydrogen-bond donors (Lipinski definition) is 1. The van der Waals surface area contributed by atoms with E-state index in [4.69, 9.17) is 0 Å². The number of carbonyl (C=O) groups is 1. The molecular formula is C15H27NO. The van der Waals surface area contributed by atoms with Crippen molar-refractivity contribution in [3.63, 3.8) is 0 Å². The lowest BCUT2D eigenvalue weighted by atomic mass is 9.97. The highest BCUT2D eigenvalue weighted by molar-refractivity contribution is 5.81. The monoisotopic (exact) mass is 237 g/mol. The molecule has 1 saturated heterocycles. The van der Waals surface area contributed by atoms with Gasteiger partial charge in [0.05, 0.1) is 0 Å². The fourth-order valence-electron chi connectivity index (χ4n) is 1.44. The third kappa shape index (κ3) is 6.10. The van der Waals surface area contributed by atoms with Crippen LogP contribution in [0.3, 0.4) is 0 Å². The first kappa shape index (κ1) is 18.1. The SMILES string of the molecule is C=C/C(C)=C1/CCC(=O)N/C1=C/C.CC.CC. The Balaban J connectivity index is 0. The van der Waals surface area contributed by atoms with Crippen molar-refractivity contribution in [3.8, 4) is 0 Å². The zero-order valence-electron chi connectivity index (χ0n) is 12.2. The number of piperidine rings is 1. The second-order valence-electron chi connectivity index (χ2n) is 3.12. The molecule has 1 N–H and O–H groups in total. The topological polar surface area (TPSA) is 29.1 Å². The number of allylic oxidation sites excluding steroid dienone is 4. The fraction of sp³-hybridized carbons (Fsp3) is 0.533. The minimum Gasteiger partial charge on any atom is -0.326 e. The van der Waals surface area contributed by atoms with Crippen LogP contribution < -0.4 is 5.32 Å². The van der Waals surface area contributed by atoms with Gasteiger partial charge in [-0.2, -0.15) is 0 Å². The molecular weight excluding hydrogens is 210 g/mol. The van der Waals surface area contributed by atoms with Crippen molar-refractivity contribution in [2.24, 2.45) is 0 Å². The molecule has 0 aliphatic carbocycles. The number of rotatable bonds is 1. The standard InChI is InChI=1S/C11H15NO.2C2H6/c1-4-8(3)9-6-7-11(13)12-10(9)5-2;2*1-2/h4-5H,1,6-7H2,2-3H3,(H,12,13);2*1-2H3/b9-8-,10-5+;;. The molecule has 1 aliphatic heterocycles. The summed E-state index contributed by atoms with van der Waals surface area (Å²) in [5, 5.41) is 2.85. The Bertz CT molecular complexity index is 298. The molecule has 1 fully saturated rings. The molecule has 0 bridgehead atoms. The Morgan fingerprint density at radius 3 is 2.18 bits per heavy atom. The van der Waals surface area contributed by atoms with Gasteiger partial charge < -0.3 is 5.32 Å². The summed E-state index contributed by atoms with van der Waals surface area (Å²) >= 11 is 0. The zero-order chi connectivity index (χ0) is 13.8. The van der Waals surface area contributed by atoms with Gasteiger partial charge in [-0.1, -0.05) is 46.4 Å². The van der Waals surface area contributed by atoms with E-state index in [0.29, 0.717) is 6.42 Å². The van der Waals surface area contributed by atoms with Crippen molar-refractivity contribution >= 4 is 5.91 Å². The van der Waals surface area contributed by atoms with Crippen molar-refractivity contribution in [1.29, 1.82) is 0 Å². The van der Waals surface area contributed by atoms with E-state index in [9.17, 15) is 4.79 Å². The molecule has 2 heteroatoms. The summed E-state index contributed by atoms with van der Waals surface area (Å²) in [4.78, 5) is 11.1. The van der Waals surface area contributed by atoms with Gasteiger partial charge in [0.1, 0.15) is 0 Å². The lowest BCUT2D eigenvalue weighted by Crippen LogP contribution is -2.28. The highest BCUT2D eigenvalue weighted by Crippen LogP contribution is 2.23. The van der Waals surface area contributed by atoms with Crippen LogP contribution in [0, 0.1) is 0 Å². The molecule has 1 rings (SSSR count). The molecule has 1 aliphatic rings. The number of amides is 1. The summed E-state index contributed by atoms with van der Waals surface area (Å²) in [6.45, 7) is 15.7. The van der Waals surface area contributed by atoms with Crippen LogP contribution in [-0.4, -0.2) is 5.91 Å². The predicted octanol–water partition coefficient (Wildman–Crippen LogP) is 4.36. The summed E-state index contributed by atoms with van der Waals surface area (Å²) in [6, 6.07) is 0. The van der Waals surface area contributed by atoms with Crippen LogP contribution in [0.4, 0.5) is 0 Å². The third-order valence-corrected chi connectivity index (χ3v) is 2.27. The minimum atomic E-state index is 0.105. The molecule has 0 aromatic heterocycles. The molecule has 0 atom stereocenters. The summed E-state index contributed by atoms with van der Waals surface area (Å²) in [5.41, 5.74) is 3.29. The van der Waals surface area contributed by atoms with Crippen molar-refractivity contribution in [1.82, 2.24) is 5.32 Å². The Labute approximate surface area is 106 Å². The molecule has 17 heavy (non-hydrogen) atoms. The van der Waals surface area contributed by atoms with Gasteiger partial charge in [-0.3, -0.25) is 4.79 Å². The Kier molecular flexibility index (Phi) is 11.9. The van der Waals surface area contributed by atoms with Gasteiger partial charge in [-0.15, -0.1) is 0 Å². The van der Waals surface area contributed by atoms with Crippen molar-refractivity contribution in [3.05, 3.63) is 35.6 Å². The van der Waals surface area contributed by atoms with Crippen molar-refractivity contribution in [2.45, 2.75) is 54.4 Å². The van der Waals surface area contributed by atoms with Crippen LogP contribution in [0.2, 0.25) is 0 Å². The van der Waals surface area contributed by atoms with E-state index < -0.39 is 0 Å². The molecule has 0 unspecified atom stereocenters. The molecule has 0 spiro atoms. The largest absolute Gasteiger partial charge is 0.326 e. The average Bonchev–Trinajstić information content (AvgIpc) is 2.42. The van der Waals surface area contributed by atoms with Crippen LogP contribution in [-0.2, 0) is 4.79 Å². The second kappa shape index (κ2) is 11.2. The molecule has 98 valence electrons. The first-order valence-electron chi connectivity index (χ1n) is 6.47. The average molecular weight is 237 g/mol. The van der Waals surface area contributed by atoms with Gasteiger partial charge in [0.15, 0.2) is 0 Å². The van der Waals surface area contributed by atoms with Gasteiger partial charge in [0.2, 0.25) is 5.91 Å². The van der Waals surface area contributed by atoms with Gasteiger partial charge in [-0.05, 0) is 31.4 Å². The second-order valence-corrected chi connectivity index (χ2v) is 3.12. The van der Waals surface area contributed by atoms with Crippen LogP contribution in [0.5, 0.6) is 0 Å². The van der Waals surface area contributed by atoms with E-state index in [1.165, 1.54) is 5.57 Å². The van der Waals surface area contributed by atoms with Gasteiger partial charge in [-0.25, -0.2) is 0 Å². The maximum atomic E-state index is 11.1. The highest BCUT2D eigenvalue weighted by Gasteiger charge is 2.17. The molecule has 0 saturated carbocycles. The van der Waals surface area contributed by atoms with Crippen molar-refractivity contribution < 1.29 is 4.79 Å². The first-order valence-corrected chi connectivity index (χ1v) is 6.47. The molecule has 0 aromatic rings. The molecule has 1 amide bonds. The summed E-state index contributed by atoms with van der Waals surface area (Å²) in [5.74, 6) is 0.105. The van der Waals surface area contributed by atoms with Gasteiger partial charge in [0.25, 0.3) is 0 Å². The van der Waals surface area contributed by atoms with E-state index in [1.54, 1.807) is 0 Å². The van der Waals surface area contributed by atoms with Crippen LogP contribution in [0.25, 0.3) is 0 Å². The third-order valence-electron chi connectivity index (χ3n) is 2.27. The lowest BCUT2D eigenvalue weighted by molar-refractivity contribution is -0.120. The normalized spacial score (nSPS) is 19.2. The van der Waals surface area contributed by atoms with E-state index in [1.807, 2.05) is 53.7 Å². The van der Waals surface area contributed by atoms with Crippen LogP contribution in [0.15, 0.2) is 35.6 Å². The summed E-state index contributed by atoms with van der Waals surface area (Å²) < 4.78 is 0. The molecule has 1 heterocycles. The number of carbonyl (C=O) groups excluding carboxylic acids is 1. The lowest BCUT2D eigenvalue weighted by Gasteiger charge is -2.20.